The highest BCUT2D eigenvalue weighted by molar-refractivity contribution is 7.92. The molecule has 0 saturated carbocycles. The molecule has 29 heavy (non-hydrogen) atoms. The van der Waals surface area contributed by atoms with Gasteiger partial charge in [0.1, 0.15) is 5.75 Å². The molecule has 0 spiro atoms. The lowest BCUT2D eigenvalue weighted by Crippen LogP contribution is -2.47. The predicted molar refractivity (Wildman–Crippen MR) is 112 cm³/mol. The zero-order valence-corrected chi connectivity index (χ0v) is 17.7. The molecule has 1 aromatic rings. The van der Waals surface area contributed by atoms with Gasteiger partial charge < -0.3 is 15.4 Å². The molecule has 0 radical (unpaired) electrons. The van der Waals surface area contributed by atoms with Gasteiger partial charge in [0.15, 0.2) is 12.4 Å². The maximum atomic E-state index is 12.4. The Morgan fingerprint density at radius 2 is 2.00 bits per heavy atom. The van der Waals surface area contributed by atoms with Crippen LogP contribution in [0.15, 0.2) is 29.2 Å². The number of nitrogens with two attached hydrogens (primary N) is 2. The van der Waals surface area contributed by atoms with Crippen molar-refractivity contribution in [3.63, 3.8) is 0 Å². The van der Waals surface area contributed by atoms with Crippen LogP contribution in [0.2, 0.25) is 10.0 Å². The molecular weight excluding hydrogens is 443 g/mol. The van der Waals surface area contributed by atoms with Gasteiger partial charge in [-0.1, -0.05) is 29.8 Å². The molecule has 0 unspecified atom stereocenters. The fourth-order valence-electron chi connectivity index (χ4n) is 2.72. The van der Waals surface area contributed by atoms with E-state index in [2.05, 4.69) is 21.9 Å². The van der Waals surface area contributed by atoms with E-state index in [1.807, 2.05) is 0 Å². The van der Waals surface area contributed by atoms with Gasteiger partial charge in [0.2, 0.25) is 10.0 Å². The van der Waals surface area contributed by atoms with Crippen LogP contribution in [0.3, 0.4) is 0 Å². The number of rotatable bonds is 8. The number of ether oxygens (including phenoxy) is 1. The summed E-state index contributed by atoms with van der Waals surface area (Å²) < 4.78 is 31.1. The molecule has 1 aliphatic heterocycles. The lowest BCUT2D eigenvalue weighted by atomic mass is 10.1. The van der Waals surface area contributed by atoms with Crippen molar-refractivity contribution in [1.82, 2.24) is 15.2 Å². The average Bonchev–Trinajstić information content (AvgIpc) is 2.67. The van der Waals surface area contributed by atoms with Crippen LogP contribution in [0.1, 0.15) is 18.4 Å². The number of nitrogens with zero attached hydrogens (tertiary/aromatic N) is 2. The van der Waals surface area contributed by atoms with Gasteiger partial charge in [0, 0.05) is 30.1 Å². The van der Waals surface area contributed by atoms with Crippen molar-refractivity contribution in [2.45, 2.75) is 18.9 Å². The number of hydrogen-bond donors (Lipinski definition) is 4. The number of hydrogen-bond acceptors (Lipinski definition) is 7. The molecule has 160 valence electrons. The Labute approximate surface area is 178 Å². The van der Waals surface area contributed by atoms with E-state index < -0.39 is 10.0 Å². The number of carbonyl (C=O) groups is 1. The highest BCUT2D eigenvalue weighted by Crippen LogP contribution is 2.31. The van der Waals surface area contributed by atoms with Crippen LogP contribution >= 0.6 is 23.2 Å². The van der Waals surface area contributed by atoms with E-state index in [4.69, 9.17) is 39.5 Å². The third-order valence-electron chi connectivity index (χ3n) is 4.23. The topological polar surface area (TPSA) is 152 Å². The van der Waals surface area contributed by atoms with Crippen LogP contribution < -0.4 is 26.6 Å². The summed E-state index contributed by atoms with van der Waals surface area (Å²) in [4.78, 5) is 14.0. The number of hydrazone groups is 1. The zero-order chi connectivity index (χ0) is 21.6. The monoisotopic (exact) mass is 464 g/mol. The van der Waals surface area contributed by atoms with Gasteiger partial charge >= 0.3 is 0 Å². The van der Waals surface area contributed by atoms with Gasteiger partial charge in [-0.15, -0.1) is 5.10 Å². The van der Waals surface area contributed by atoms with E-state index in [1.165, 1.54) is 12.1 Å². The number of amides is 1. The Morgan fingerprint density at radius 1 is 1.34 bits per heavy atom. The molecule has 1 amide bonds. The zero-order valence-electron chi connectivity index (χ0n) is 15.4. The Bertz CT molecular complexity index is 901. The van der Waals surface area contributed by atoms with E-state index in [9.17, 15) is 13.2 Å². The molecule has 1 saturated heterocycles. The third kappa shape index (κ3) is 6.47. The molecule has 1 fully saturated rings. The van der Waals surface area contributed by atoms with E-state index in [0.29, 0.717) is 31.5 Å². The number of halogens is 2. The Balaban J connectivity index is 1.95. The van der Waals surface area contributed by atoms with Crippen molar-refractivity contribution in [1.29, 1.82) is 0 Å². The van der Waals surface area contributed by atoms with Gasteiger partial charge in [0.25, 0.3) is 5.91 Å². The minimum Gasteiger partial charge on any atom is -0.482 e. The number of nitrogens with one attached hydrogen (secondary N) is 2. The number of hydrazine groups is 1. The molecule has 10 nitrogen and oxygen atoms in total. The highest BCUT2D eigenvalue weighted by Gasteiger charge is 2.25. The first-order valence-electron chi connectivity index (χ1n) is 8.50. The van der Waals surface area contributed by atoms with Crippen LogP contribution in [0.5, 0.6) is 5.75 Å². The molecule has 2 rings (SSSR count). The van der Waals surface area contributed by atoms with Crippen molar-refractivity contribution in [2.24, 2.45) is 16.7 Å². The molecule has 1 aliphatic rings. The second-order valence-corrected chi connectivity index (χ2v) is 8.64. The van der Waals surface area contributed by atoms with Crippen LogP contribution in [-0.4, -0.2) is 50.8 Å². The lowest BCUT2D eigenvalue weighted by Gasteiger charge is -2.32. The Kier molecular flexibility index (Phi) is 8.11. The summed E-state index contributed by atoms with van der Waals surface area (Å²) in [7, 11) is -3.50. The minimum atomic E-state index is -3.50. The molecule has 0 aliphatic carbocycles. The Morgan fingerprint density at radius 3 is 2.59 bits per heavy atom. The number of likely N-dealkylation sites (tertiary alicyclic amines) is 1. The van der Waals surface area contributed by atoms with Crippen molar-refractivity contribution in [2.75, 3.05) is 19.7 Å². The summed E-state index contributed by atoms with van der Waals surface area (Å²) in [5, 5.41) is 4.96. The number of carbonyl (C=O) groups excluding carboxylic acids is 1. The van der Waals surface area contributed by atoms with Crippen molar-refractivity contribution in [3.8, 4) is 5.75 Å². The predicted octanol–water partition coefficient (Wildman–Crippen LogP) is 0.510. The normalized spacial score (nSPS) is 15.8. The molecule has 13 heteroatoms. The largest absolute Gasteiger partial charge is 0.482 e. The number of benzene rings is 1. The maximum absolute atomic E-state index is 12.4. The average molecular weight is 465 g/mol. The smallest absolute Gasteiger partial charge is 0.260 e. The van der Waals surface area contributed by atoms with Gasteiger partial charge in [-0.05, 0) is 25.0 Å². The standard InChI is InChI=1S/C16H22Cl2N6O4S/c1-2-29(26,27)22-10-3-5-24(6-4-10)15(25)9-28-14-7-11(16(19)21-23-20)12(17)8-13(14)18/h2,7-8,10,22-23H,1,3-6,9,20H2,(H2,19,21). The second-order valence-electron chi connectivity index (χ2n) is 6.16. The van der Waals surface area contributed by atoms with E-state index in [-0.39, 0.29) is 40.2 Å². The summed E-state index contributed by atoms with van der Waals surface area (Å²) in [6, 6.07) is 2.65. The van der Waals surface area contributed by atoms with Crippen LogP contribution in [0.25, 0.3) is 0 Å². The summed E-state index contributed by atoms with van der Waals surface area (Å²) in [5.74, 6) is 5.08. The van der Waals surface area contributed by atoms with Gasteiger partial charge in [0.05, 0.1) is 10.0 Å². The van der Waals surface area contributed by atoms with Crippen molar-refractivity contribution in [3.05, 3.63) is 39.7 Å². The van der Waals surface area contributed by atoms with Crippen LogP contribution in [-0.2, 0) is 14.8 Å². The van der Waals surface area contributed by atoms with E-state index >= 15 is 0 Å². The van der Waals surface area contributed by atoms with Crippen molar-refractivity contribution < 1.29 is 17.9 Å². The first-order valence-corrected chi connectivity index (χ1v) is 10.8. The molecular formula is C16H22Cl2N6O4S. The quantitative estimate of drug-likeness (QED) is 0.189. The molecule has 0 atom stereocenters. The lowest BCUT2D eigenvalue weighted by molar-refractivity contribution is -0.134. The molecule has 6 N–H and O–H groups in total. The number of amidine groups is 1. The first-order chi connectivity index (χ1) is 13.7. The SMILES string of the molecule is C=CS(=O)(=O)NC1CCN(C(=O)COc2cc(/C(N)=N/NN)c(Cl)cc2Cl)CC1. The fraction of sp³-hybridized carbons (Fsp3) is 0.375. The summed E-state index contributed by atoms with van der Waals surface area (Å²) >= 11 is 12.2. The minimum absolute atomic E-state index is 0.0226. The van der Waals surface area contributed by atoms with Crippen molar-refractivity contribution >= 4 is 45.0 Å². The van der Waals surface area contributed by atoms with Crippen LogP contribution in [0.4, 0.5) is 0 Å². The van der Waals surface area contributed by atoms with E-state index in [1.54, 1.807) is 4.90 Å². The number of sulfonamides is 1. The maximum Gasteiger partial charge on any atom is 0.260 e. The third-order valence-corrected chi connectivity index (χ3v) is 5.94. The van der Waals surface area contributed by atoms with Crippen LogP contribution in [0, 0.1) is 0 Å². The molecule has 0 aromatic heterocycles. The summed E-state index contributed by atoms with van der Waals surface area (Å²) in [5.41, 5.74) is 8.16. The Hall–Kier alpha value is -2.05. The molecule has 1 heterocycles. The molecule has 0 bridgehead atoms. The summed E-state index contributed by atoms with van der Waals surface area (Å²) in [6.07, 6.45) is 0.980. The van der Waals surface area contributed by atoms with Gasteiger partial charge in [-0.25, -0.2) is 24.5 Å². The second kappa shape index (κ2) is 10.1. The van der Waals surface area contributed by atoms with E-state index in [0.717, 1.165) is 5.41 Å². The number of piperidine rings is 1. The summed E-state index contributed by atoms with van der Waals surface area (Å²) in [6.45, 7) is 3.80. The van der Waals surface area contributed by atoms with Gasteiger partial charge in [-0.3, -0.25) is 4.79 Å². The molecule has 1 aromatic carbocycles. The highest BCUT2D eigenvalue weighted by atomic mass is 35.5. The first kappa shape index (κ1) is 23.2. The van der Waals surface area contributed by atoms with Gasteiger partial charge in [-0.2, -0.15) is 0 Å². The fourth-order valence-corrected chi connectivity index (χ4v) is 4.05.